The average molecular weight is 339 g/mol. The van der Waals surface area contributed by atoms with Gasteiger partial charge in [0, 0.05) is 12.7 Å². The fourth-order valence-corrected chi connectivity index (χ4v) is 4.83. The van der Waals surface area contributed by atoms with E-state index in [9.17, 15) is 0 Å². The van der Waals surface area contributed by atoms with Gasteiger partial charge in [-0.2, -0.15) is 0 Å². The third-order valence-electron chi connectivity index (χ3n) is 6.29. The fraction of sp³-hybridized carbons (Fsp3) is 0.600. The van der Waals surface area contributed by atoms with Gasteiger partial charge in [0.1, 0.15) is 17.8 Å². The molecule has 0 radical (unpaired) electrons. The molecule has 0 unspecified atom stereocenters. The molecule has 0 saturated carbocycles. The van der Waals surface area contributed by atoms with Crippen molar-refractivity contribution in [3.8, 4) is 0 Å². The highest BCUT2D eigenvalue weighted by Crippen LogP contribution is 2.47. The number of hydrogen-bond donors (Lipinski definition) is 2. The predicted octanol–water partition coefficient (Wildman–Crippen LogP) is 3.61. The van der Waals surface area contributed by atoms with Crippen LogP contribution in [0, 0.1) is 5.41 Å². The molecule has 2 aromatic heterocycles. The first-order chi connectivity index (χ1) is 12.0. The lowest BCUT2D eigenvalue weighted by molar-refractivity contribution is 0.184. The Labute approximate surface area is 149 Å². The summed E-state index contributed by atoms with van der Waals surface area (Å²) in [6.07, 6.45) is 10.3. The molecule has 1 spiro atoms. The summed E-state index contributed by atoms with van der Waals surface area (Å²) >= 11 is 0. The first-order valence-electron chi connectivity index (χ1n) is 9.51. The zero-order valence-electron chi connectivity index (χ0n) is 15.6. The van der Waals surface area contributed by atoms with Crippen LogP contribution in [0.3, 0.4) is 0 Å². The molecule has 1 fully saturated rings. The van der Waals surface area contributed by atoms with Crippen molar-refractivity contribution >= 4 is 22.4 Å². The quantitative estimate of drug-likeness (QED) is 0.877. The summed E-state index contributed by atoms with van der Waals surface area (Å²) in [6, 6.07) is 0. The molecular formula is C20H29N5. The number of anilines is 1. The molecule has 0 aromatic carbocycles. The van der Waals surface area contributed by atoms with Crippen LogP contribution in [-0.4, -0.2) is 27.6 Å². The Morgan fingerprint density at radius 1 is 1.20 bits per heavy atom. The maximum absolute atomic E-state index is 6.23. The van der Waals surface area contributed by atoms with E-state index < -0.39 is 0 Å². The topological polar surface area (TPSA) is 68.8 Å². The molecule has 0 atom stereocenters. The van der Waals surface area contributed by atoms with Crippen molar-refractivity contribution in [1.29, 1.82) is 0 Å². The van der Waals surface area contributed by atoms with Crippen LogP contribution in [0.5, 0.6) is 0 Å². The van der Waals surface area contributed by atoms with Crippen LogP contribution in [0.2, 0.25) is 0 Å². The molecular weight excluding hydrogens is 310 g/mol. The van der Waals surface area contributed by atoms with Crippen molar-refractivity contribution in [3.63, 3.8) is 0 Å². The smallest absolute Gasteiger partial charge is 0.145 e. The summed E-state index contributed by atoms with van der Waals surface area (Å²) in [4.78, 5) is 8.77. The Balaban J connectivity index is 1.81. The molecule has 2 aliphatic rings. The standard InChI is InChI=1S/C20H29N5/c1-13(2)15-16-18(21)23-12-24-19(16)25(3)17(15)14-4-6-20(7-5-14)8-10-22-11-9-20/h4,12-13,22H,5-11H2,1-3H3,(H2,21,23,24). The zero-order chi connectivity index (χ0) is 17.6. The van der Waals surface area contributed by atoms with Crippen molar-refractivity contribution in [3.05, 3.63) is 23.7 Å². The molecule has 5 heteroatoms. The van der Waals surface area contributed by atoms with Gasteiger partial charge in [-0.15, -0.1) is 0 Å². The number of nitrogens with two attached hydrogens (primary N) is 1. The van der Waals surface area contributed by atoms with Crippen LogP contribution < -0.4 is 11.1 Å². The number of aromatic nitrogens is 3. The highest BCUT2D eigenvalue weighted by atomic mass is 15.1. The van der Waals surface area contributed by atoms with Crippen LogP contribution in [0.25, 0.3) is 16.6 Å². The van der Waals surface area contributed by atoms with Crippen LogP contribution in [0.1, 0.15) is 63.1 Å². The van der Waals surface area contributed by atoms with Crippen LogP contribution in [-0.2, 0) is 7.05 Å². The maximum atomic E-state index is 6.23. The van der Waals surface area contributed by atoms with Gasteiger partial charge in [0.25, 0.3) is 0 Å². The van der Waals surface area contributed by atoms with E-state index in [0.29, 0.717) is 17.2 Å². The van der Waals surface area contributed by atoms with E-state index in [4.69, 9.17) is 5.73 Å². The largest absolute Gasteiger partial charge is 0.383 e. The molecule has 5 nitrogen and oxygen atoms in total. The Morgan fingerprint density at radius 2 is 1.96 bits per heavy atom. The van der Waals surface area contributed by atoms with Gasteiger partial charge >= 0.3 is 0 Å². The number of nitrogen functional groups attached to an aromatic ring is 1. The third kappa shape index (κ3) is 2.65. The van der Waals surface area contributed by atoms with Gasteiger partial charge in [-0.1, -0.05) is 19.9 Å². The van der Waals surface area contributed by atoms with Gasteiger partial charge < -0.3 is 15.6 Å². The van der Waals surface area contributed by atoms with Crippen molar-refractivity contribution in [2.45, 2.75) is 51.9 Å². The van der Waals surface area contributed by atoms with E-state index in [0.717, 1.165) is 17.5 Å². The molecule has 4 rings (SSSR count). The summed E-state index contributed by atoms with van der Waals surface area (Å²) in [5.41, 5.74) is 11.8. The number of allylic oxidation sites excluding steroid dienone is 2. The van der Waals surface area contributed by atoms with Gasteiger partial charge in [0.15, 0.2) is 0 Å². The Kier molecular flexibility index (Phi) is 4.07. The van der Waals surface area contributed by atoms with E-state index in [1.165, 1.54) is 55.6 Å². The number of piperidine rings is 1. The van der Waals surface area contributed by atoms with Crippen molar-refractivity contribution in [1.82, 2.24) is 19.9 Å². The number of nitrogens with one attached hydrogen (secondary N) is 1. The predicted molar refractivity (Wildman–Crippen MR) is 103 cm³/mol. The van der Waals surface area contributed by atoms with Crippen LogP contribution in [0.15, 0.2) is 12.4 Å². The Morgan fingerprint density at radius 3 is 2.60 bits per heavy atom. The maximum Gasteiger partial charge on any atom is 0.145 e. The highest BCUT2D eigenvalue weighted by Gasteiger charge is 2.35. The minimum absolute atomic E-state index is 0.391. The second-order valence-electron chi connectivity index (χ2n) is 8.12. The molecule has 1 aliphatic carbocycles. The summed E-state index contributed by atoms with van der Waals surface area (Å²) in [5, 5.41) is 4.54. The lowest BCUT2D eigenvalue weighted by Gasteiger charge is -2.40. The van der Waals surface area contributed by atoms with E-state index >= 15 is 0 Å². The van der Waals surface area contributed by atoms with Gasteiger partial charge in [0.2, 0.25) is 0 Å². The monoisotopic (exact) mass is 339 g/mol. The number of aryl methyl sites for hydroxylation is 1. The molecule has 1 aliphatic heterocycles. The molecule has 3 N–H and O–H groups in total. The van der Waals surface area contributed by atoms with Crippen LogP contribution in [0.4, 0.5) is 5.82 Å². The number of nitrogens with zero attached hydrogens (tertiary/aromatic N) is 3. The summed E-state index contributed by atoms with van der Waals surface area (Å²) in [7, 11) is 2.12. The molecule has 25 heavy (non-hydrogen) atoms. The van der Waals surface area contributed by atoms with E-state index in [2.05, 4.69) is 46.8 Å². The molecule has 1 saturated heterocycles. The molecule has 0 amide bonds. The molecule has 0 bridgehead atoms. The average Bonchev–Trinajstić information content (AvgIpc) is 2.91. The number of hydrogen-bond acceptors (Lipinski definition) is 4. The van der Waals surface area contributed by atoms with Gasteiger partial charge in [-0.25, -0.2) is 9.97 Å². The summed E-state index contributed by atoms with van der Waals surface area (Å²) in [5.74, 6) is 0.990. The molecule has 3 heterocycles. The minimum Gasteiger partial charge on any atom is -0.383 e. The minimum atomic E-state index is 0.391. The van der Waals surface area contributed by atoms with E-state index in [-0.39, 0.29) is 0 Å². The van der Waals surface area contributed by atoms with Crippen molar-refractivity contribution < 1.29 is 0 Å². The third-order valence-corrected chi connectivity index (χ3v) is 6.29. The Hall–Kier alpha value is -1.88. The first kappa shape index (κ1) is 16.6. The SMILES string of the molecule is CC(C)c1c(C2=CCC3(CCNCC3)CC2)n(C)c2ncnc(N)c12. The van der Waals surface area contributed by atoms with Crippen molar-refractivity contribution in [2.24, 2.45) is 12.5 Å². The summed E-state index contributed by atoms with van der Waals surface area (Å²) in [6.45, 7) is 6.81. The fourth-order valence-electron chi connectivity index (χ4n) is 4.83. The van der Waals surface area contributed by atoms with E-state index in [1.807, 2.05) is 0 Å². The molecule has 134 valence electrons. The lowest BCUT2D eigenvalue weighted by atomic mass is 9.68. The first-order valence-corrected chi connectivity index (χ1v) is 9.51. The van der Waals surface area contributed by atoms with Crippen LogP contribution >= 0.6 is 0 Å². The van der Waals surface area contributed by atoms with Gasteiger partial charge in [-0.05, 0) is 67.7 Å². The van der Waals surface area contributed by atoms with Gasteiger partial charge in [-0.3, -0.25) is 0 Å². The number of fused-ring (bicyclic) bond motifs is 1. The Bertz CT molecular complexity index is 824. The van der Waals surface area contributed by atoms with Gasteiger partial charge in [0.05, 0.1) is 5.39 Å². The summed E-state index contributed by atoms with van der Waals surface area (Å²) < 4.78 is 2.23. The lowest BCUT2D eigenvalue weighted by Crippen LogP contribution is -2.37. The van der Waals surface area contributed by atoms with E-state index in [1.54, 1.807) is 6.33 Å². The normalized spacial score (nSPS) is 20.4. The second kappa shape index (κ2) is 6.13. The highest BCUT2D eigenvalue weighted by molar-refractivity contribution is 5.95. The zero-order valence-corrected chi connectivity index (χ0v) is 15.6. The molecule has 2 aromatic rings. The number of rotatable bonds is 2. The second-order valence-corrected chi connectivity index (χ2v) is 8.12. The van der Waals surface area contributed by atoms with Crippen molar-refractivity contribution in [2.75, 3.05) is 18.8 Å².